The molecule has 1 heterocycles. The molecule has 3 nitrogen and oxygen atoms in total. The van der Waals surface area contributed by atoms with Gasteiger partial charge < -0.3 is 5.32 Å². The molecule has 0 saturated heterocycles. The fourth-order valence-corrected chi connectivity index (χ4v) is 2.72. The smallest absolute Gasteiger partial charge is 0.275 e. The molecule has 0 aromatic heterocycles. The van der Waals surface area contributed by atoms with Gasteiger partial charge in [-0.2, -0.15) is 0 Å². The monoisotopic (exact) mass is 318 g/mol. The van der Waals surface area contributed by atoms with Crippen LogP contribution in [0.25, 0.3) is 0 Å². The minimum absolute atomic E-state index is 0.249. The number of nitrogens with zero attached hydrogens (tertiary/aromatic N) is 1. The van der Waals surface area contributed by atoms with E-state index in [9.17, 15) is 4.79 Å². The Labute approximate surface area is 132 Å². The van der Waals surface area contributed by atoms with Gasteiger partial charge in [0.15, 0.2) is 0 Å². The zero-order chi connectivity index (χ0) is 15.1. The number of hydrogen-bond acceptors (Lipinski definition) is 2. The Hall–Kier alpha value is -1.84. The van der Waals surface area contributed by atoms with E-state index < -0.39 is 0 Å². The Morgan fingerprint density at radius 3 is 2.57 bits per heavy atom. The molecule has 0 spiro atoms. The number of benzene rings is 2. The molecule has 106 valence electrons. The van der Waals surface area contributed by atoms with Crippen LogP contribution >= 0.6 is 23.2 Å². The van der Waals surface area contributed by atoms with Crippen LogP contribution in [-0.4, -0.2) is 11.6 Å². The van der Waals surface area contributed by atoms with Crippen molar-refractivity contribution in [2.24, 2.45) is 4.99 Å². The van der Waals surface area contributed by atoms with E-state index >= 15 is 0 Å². The molecule has 1 amide bonds. The summed E-state index contributed by atoms with van der Waals surface area (Å²) in [5.74, 6) is -0.249. The molecule has 0 saturated carbocycles. The minimum atomic E-state index is -0.249. The van der Waals surface area contributed by atoms with Crippen LogP contribution in [0.3, 0.4) is 0 Å². The van der Waals surface area contributed by atoms with Gasteiger partial charge in [0.05, 0.1) is 16.4 Å². The second-order valence-electron chi connectivity index (χ2n) is 4.91. The van der Waals surface area contributed by atoms with E-state index in [1.807, 2.05) is 26.0 Å². The number of amides is 1. The Kier molecular flexibility index (Phi) is 3.47. The van der Waals surface area contributed by atoms with Crippen LogP contribution in [0, 0.1) is 13.8 Å². The van der Waals surface area contributed by atoms with E-state index in [0.717, 1.165) is 16.8 Å². The van der Waals surface area contributed by atoms with E-state index in [1.165, 1.54) is 0 Å². The standard InChI is InChI=1S/C16H12Cl2N2O/c1-8-6-7-11(18)13-14(8)20-16(21)15(13)19-12-5-3-4-10(17)9(12)2/h3-7H,1-2H3,(H,19,20,21). The number of rotatable bonds is 1. The first-order valence-corrected chi connectivity index (χ1v) is 7.19. The first kappa shape index (κ1) is 14.1. The lowest BCUT2D eigenvalue weighted by Gasteiger charge is -2.05. The van der Waals surface area contributed by atoms with Gasteiger partial charge >= 0.3 is 0 Å². The zero-order valence-electron chi connectivity index (χ0n) is 11.5. The highest BCUT2D eigenvalue weighted by Crippen LogP contribution is 2.35. The predicted octanol–water partition coefficient (Wildman–Crippen LogP) is 4.68. The molecule has 1 aliphatic heterocycles. The number of nitrogens with one attached hydrogen (secondary N) is 1. The van der Waals surface area contributed by atoms with Crippen molar-refractivity contribution in [1.82, 2.24) is 0 Å². The third kappa shape index (κ3) is 2.33. The molecule has 0 radical (unpaired) electrons. The van der Waals surface area contributed by atoms with Crippen molar-refractivity contribution in [2.45, 2.75) is 13.8 Å². The third-order valence-corrected chi connectivity index (χ3v) is 4.25. The van der Waals surface area contributed by atoms with Gasteiger partial charge in [-0.25, -0.2) is 4.99 Å². The molecule has 0 aliphatic carbocycles. The SMILES string of the molecule is Cc1ccc(Cl)c2c1NC(=O)C2=Nc1cccc(Cl)c1C. The third-order valence-electron chi connectivity index (χ3n) is 3.52. The number of anilines is 1. The summed E-state index contributed by atoms with van der Waals surface area (Å²) in [6, 6.07) is 9.06. The summed E-state index contributed by atoms with van der Waals surface area (Å²) < 4.78 is 0. The van der Waals surface area contributed by atoms with Gasteiger partial charge in [-0.1, -0.05) is 35.3 Å². The van der Waals surface area contributed by atoms with Crippen molar-refractivity contribution in [3.05, 3.63) is 57.1 Å². The van der Waals surface area contributed by atoms with Gasteiger partial charge in [0.25, 0.3) is 5.91 Å². The van der Waals surface area contributed by atoms with Crippen molar-refractivity contribution in [1.29, 1.82) is 0 Å². The second-order valence-corrected chi connectivity index (χ2v) is 5.73. The number of aliphatic imine (C=N–C) groups is 1. The van der Waals surface area contributed by atoms with Crippen molar-refractivity contribution in [3.63, 3.8) is 0 Å². The van der Waals surface area contributed by atoms with Crippen LogP contribution in [-0.2, 0) is 4.79 Å². The number of carbonyl (C=O) groups excluding carboxylic acids is 1. The predicted molar refractivity (Wildman–Crippen MR) is 87.2 cm³/mol. The summed E-state index contributed by atoms with van der Waals surface area (Å²) >= 11 is 12.3. The molecule has 3 rings (SSSR count). The lowest BCUT2D eigenvalue weighted by atomic mass is 10.1. The highest BCUT2D eigenvalue weighted by Gasteiger charge is 2.29. The maximum absolute atomic E-state index is 12.2. The summed E-state index contributed by atoms with van der Waals surface area (Å²) in [5.41, 5.74) is 4.15. The Morgan fingerprint density at radius 2 is 1.81 bits per heavy atom. The van der Waals surface area contributed by atoms with Crippen LogP contribution in [0.5, 0.6) is 0 Å². The molecule has 0 unspecified atom stereocenters. The maximum Gasteiger partial charge on any atom is 0.275 e. The maximum atomic E-state index is 12.2. The summed E-state index contributed by atoms with van der Waals surface area (Å²) in [5, 5.41) is 3.95. The van der Waals surface area contributed by atoms with Gasteiger partial charge in [-0.3, -0.25) is 4.79 Å². The van der Waals surface area contributed by atoms with Crippen LogP contribution in [0.4, 0.5) is 11.4 Å². The van der Waals surface area contributed by atoms with Gasteiger partial charge in [-0.15, -0.1) is 0 Å². The molecule has 1 N–H and O–H groups in total. The number of hydrogen-bond donors (Lipinski definition) is 1. The summed E-state index contributed by atoms with van der Waals surface area (Å²) in [6.07, 6.45) is 0. The van der Waals surface area contributed by atoms with E-state index in [1.54, 1.807) is 18.2 Å². The number of carbonyl (C=O) groups is 1. The van der Waals surface area contributed by atoms with Gasteiger partial charge in [0.1, 0.15) is 5.71 Å². The van der Waals surface area contributed by atoms with Crippen LogP contribution in [0.2, 0.25) is 10.0 Å². The molecule has 5 heteroatoms. The molecule has 21 heavy (non-hydrogen) atoms. The molecular weight excluding hydrogens is 307 g/mol. The summed E-state index contributed by atoms with van der Waals surface area (Å²) in [4.78, 5) is 16.7. The minimum Gasteiger partial charge on any atom is -0.320 e. The van der Waals surface area contributed by atoms with Gasteiger partial charge in [0, 0.05) is 10.6 Å². The molecule has 0 bridgehead atoms. The normalized spacial score (nSPS) is 15.2. The molecule has 2 aromatic carbocycles. The highest BCUT2D eigenvalue weighted by molar-refractivity contribution is 6.57. The van der Waals surface area contributed by atoms with E-state index in [0.29, 0.717) is 27.0 Å². The number of aryl methyl sites for hydroxylation is 1. The van der Waals surface area contributed by atoms with Crippen LogP contribution in [0.1, 0.15) is 16.7 Å². The number of fused-ring (bicyclic) bond motifs is 1. The average molecular weight is 319 g/mol. The molecule has 2 aromatic rings. The lowest BCUT2D eigenvalue weighted by molar-refractivity contribution is -0.110. The Balaban J connectivity index is 2.22. The summed E-state index contributed by atoms with van der Waals surface area (Å²) in [7, 11) is 0. The quantitative estimate of drug-likeness (QED) is 0.814. The molecular formula is C16H12Cl2N2O. The first-order valence-electron chi connectivity index (χ1n) is 6.43. The van der Waals surface area contributed by atoms with Crippen molar-refractivity contribution in [2.75, 3.05) is 5.32 Å². The van der Waals surface area contributed by atoms with Crippen LogP contribution in [0.15, 0.2) is 35.3 Å². The van der Waals surface area contributed by atoms with Crippen molar-refractivity contribution >= 4 is 46.2 Å². The van der Waals surface area contributed by atoms with E-state index in [2.05, 4.69) is 10.3 Å². The topological polar surface area (TPSA) is 41.5 Å². The number of halogens is 2. The lowest BCUT2D eigenvalue weighted by Crippen LogP contribution is -2.14. The second kappa shape index (κ2) is 5.17. The largest absolute Gasteiger partial charge is 0.320 e. The summed E-state index contributed by atoms with van der Waals surface area (Å²) in [6.45, 7) is 3.79. The van der Waals surface area contributed by atoms with Crippen molar-refractivity contribution in [3.8, 4) is 0 Å². The zero-order valence-corrected chi connectivity index (χ0v) is 13.0. The molecule has 0 fully saturated rings. The van der Waals surface area contributed by atoms with Crippen LogP contribution < -0.4 is 5.32 Å². The molecule has 0 atom stereocenters. The first-order chi connectivity index (χ1) is 9.99. The Bertz CT molecular complexity index is 797. The van der Waals surface area contributed by atoms with E-state index in [-0.39, 0.29) is 5.91 Å². The highest BCUT2D eigenvalue weighted by atomic mass is 35.5. The molecule has 1 aliphatic rings. The van der Waals surface area contributed by atoms with Gasteiger partial charge in [-0.05, 0) is 43.2 Å². The van der Waals surface area contributed by atoms with E-state index in [4.69, 9.17) is 23.2 Å². The van der Waals surface area contributed by atoms with Crippen molar-refractivity contribution < 1.29 is 4.79 Å². The average Bonchev–Trinajstić information content (AvgIpc) is 2.78. The fraction of sp³-hybridized carbons (Fsp3) is 0.125. The fourth-order valence-electron chi connectivity index (χ4n) is 2.30. The van der Waals surface area contributed by atoms with Gasteiger partial charge in [0.2, 0.25) is 0 Å². The Morgan fingerprint density at radius 1 is 1.05 bits per heavy atom.